The third-order valence-corrected chi connectivity index (χ3v) is 1.93. The molecule has 68 valence electrons. The summed E-state index contributed by atoms with van der Waals surface area (Å²) >= 11 is 0. The van der Waals surface area contributed by atoms with Gasteiger partial charge in [0.25, 0.3) is 0 Å². The van der Waals surface area contributed by atoms with Crippen molar-refractivity contribution in [3.63, 3.8) is 0 Å². The largest absolute Gasteiger partial charge is 0.376 e. The fourth-order valence-electron chi connectivity index (χ4n) is 1.09. The lowest BCUT2D eigenvalue weighted by atomic mass is 10.0. The number of aliphatic hydroxyl groups is 1. The summed E-state index contributed by atoms with van der Waals surface area (Å²) in [4.78, 5) is 0. The number of rotatable bonds is 6. The smallest absolute Gasteiger partial charge is 0.113 e. The van der Waals surface area contributed by atoms with Crippen LogP contribution in [-0.2, 0) is 0 Å². The van der Waals surface area contributed by atoms with Gasteiger partial charge < -0.3 is 10.8 Å². The van der Waals surface area contributed by atoms with Crippen molar-refractivity contribution in [3.05, 3.63) is 0 Å². The predicted molar refractivity (Wildman–Crippen MR) is 48.2 cm³/mol. The zero-order chi connectivity index (χ0) is 8.74. The van der Waals surface area contributed by atoms with E-state index in [4.69, 9.17) is 5.73 Å². The molecule has 0 saturated carbocycles. The first kappa shape index (κ1) is 10.9. The monoisotopic (exact) mass is 159 g/mol. The first-order valence-corrected chi connectivity index (χ1v) is 4.63. The molecule has 0 aromatic heterocycles. The first-order chi connectivity index (χ1) is 5.12. The van der Waals surface area contributed by atoms with Crippen LogP contribution in [0.25, 0.3) is 0 Å². The summed E-state index contributed by atoms with van der Waals surface area (Å²) in [5, 5.41) is 9.55. The first-order valence-electron chi connectivity index (χ1n) is 4.63. The Bertz CT molecular complexity index is 81.6. The van der Waals surface area contributed by atoms with Gasteiger partial charge >= 0.3 is 0 Å². The molecule has 2 heteroatoms. The molecule has 0 fully saturated rings. The number of unbranched alkanes of at least 4 members (excludes halogenated alkanes) is 2. The van der Waals surface area contributed by atoms with E-state index >= 15 is 0 Å². The van der Waals surface area contributed by atoms with Crippen molar-refractivity contribution in [1.29, 1.82) is 0 Å². The summed E-state index contributed by atoms with van der Waals surface area (Å²) in [6, 6.07) is 0. The van der Waals surface area contributed by atoms with E-state index in [0.29, 0.717) is 0 Å². The SMILES string of the molecule is CCCCC(N)(O)CCCC. The Labute approximate surface area is 69.8 Å². The van der Waals surface area contributed by atoms with Crippen LogP contribution in [0.5, 0.6) is 0 Å². The molecule has 3 N–H and O–H groups in total. The molecule has 0 atom stereocenters. The Morgan fingerprint density at radius 1 is 1.09 bits per heavy atom. The molecule has 0 heterocycles. The minimum absolute atomic E-state index is 0.740. The summed E-state index contributed by atoms with van der Waals surface area (Å²) in [6.45, 7) is 4.21. The highest BCUT2D eigenvalue weighted by Gasteiger charge is 2.18. The van der Waals surface area contributed by atoms with Crippen LogP contribution in [0.1, 0.15) is 52.4 Å². The molecule has 0 unspecified atom stereocenters. The van der Waals surface area contributed by atoms with Crippen LogP contribution >= 0.6 is 0 Å². The van der Waals surface area contributed by atoms with Crippen molar-refractivity contribution in [3.8, 4) is 0 Å². The Morgan fingerprint density at radius 2 is 1.45 bits per heavy atom. The third kappa shape index (κ3) is 6.32. The summed E-state index contributed by atoms with van der Waals surface area (Å²) < 4.78 is 0. The maximum atomic E-state index is 9.55. The second kappa shape index (κ2) is 5.56. The van der Waals surface area contributed by atoms with Gasteiger partial charge in [0, 0.05) is 0 Å². The van der Waals surface area contributed by atoms with Gasteiger partial charge in [-0.05, 0) is 25.7 Å². The van der Waals surface area contributed by atoms with E-state index < -0.39 is 5.72 Å². The third-order valence-electron chi connectivity index (χ3n) is 1.93. The highest BCUT2D eigenvalue weighted by molar-refractivity contribution is 4.69. The molecule has 0 aliphatic heterocycles. The zero-order valence-corrected chi connectivity index (χ0v) is 7.77. The Kier molecular flexibility index (Phi) is 5.51. The van der Waals surface area contributed by atoms with E-state index in [1.165, 1.54) is 0 Å². The zero-order valence-electron chi connectivity index (χ0n) is 7.77. The van der Waals surface area contributed by atoms with Gasteiger partial charge in [0.15, 0.2) is 0 Å². The van der Waals surface area contributed by atoms with Crippen molar-refractivity contribution in [2.45, 2.75) is 58.1 Å². The highest BCUT2D eigenvalue weighted by atomic mass is 16.3. The van der Waals surface area contributed by atoms with Gasteiger partial charge in [-0.3, -0.25) is 0 Å². The van der Waals surface area contributed by atoms with Crippen LogP contribution in [0, 0.1) is 0 Å². The van der Waals surface area contributed by atoms with E-state index in [1.54, 1.807) is 0 Å². The fraction of sp³-hybridized carbons (Fsp3) is 1.00. The van der Waals surface area contributed by atoms with Crippen LogP contribution in [0.3, 0.4) is 0 Å². The van der Waals surface area contributed by atoms with Crippen LogP contribution in [-0.4, -0.2) is 10.8 Å². The van der Waals surface area contributed by atoms with Crippen LogP contribution in [0.2, 0.25) is 0 Å². The summed E-state index contributed by atoms with van der Waals surface area (Å²) in [6.07, 6.45) is 5.73. The van der Waals surface area contributed by atoms with Gasteiger partial charge in [0.2, 0.25) is 0 Å². The Morgan fingerprint density at radius 3 is 1.73 bits per heavy atom. The van der Waals surface area contributed by atoms with Gasteiger partial charge in [0.05, 0.1) is 0 Å². The summed E-state index contributed by atoms with van der Waals surface area (Å²) in [5.41, 5.74) is 4.75. The van der Waals surface area contributed by atoms with Crippen molar-refractivity contribution < 1.29 is 5.11 Å². The fourth-order valence-corrected chi connectivity index (χ4v) is 1.09. The van der Waals surface area contributed by atoms with Crippen LogP contribution in [0.4, 0.5) is 0 Å². The minimum atomic E-state index is -0.897. The van der Waals surface area contributed by atoms with E-state index in [-0.39, 0.29) is 0 Å². The molecule has 0 aromatic rings. The van der Waals surface area contributed by atoms with Gasteiger partial charge in [0.1, 0.15) is 5.72 Å². The van der Waals surface area contributed by atoms with E-state index in [9.17, 15) is 5.11 Å². The summed E-state index contributed by atoms with van der Waals surface area (Å²) in [5.74, 6) is 0. The maximum Gasteiger partial charge on any atom is 0.113 e. The molecule has 0 aliphatic carbocycles. The van der Waals surface area contributed by atoms with Gasteiger partial charge in [-0.1, -0.05) is 26.7 Å². The number of hydrogen-bond donors (Lipinski definition) is 2. The summed E-state index contributed by atoms with van der Waals surface area (Å²) in [7, 11) is 0. The molecular weight excluding hydrogens is 138 g/mol. The number of hydrogen-bond acceptors (Lipinski definition) is 2. The number of nitrogens with two attached hydrogens (primary N) is 1. The van der Waals surface area contributed by atoms with Crippen LogP contribution < -0.4 is 5.73 Å². The molecular formula is C9H21NO. The molecule has 0 radical (unpaired) electrons. The van der Waals surface area contributed by atoms with Crippen molar-refractivity contribution in [2.24, 2.45) is 5.73 Å². The highest BCUT2D eigenvalue weighted by Crippen LogP contribution is 2.14. The molecule has 2 nitrogen and oxygen atoms in total. The molecule has 0 saturated heterocycles. The van der Waals surface area contributed by atoms with Crippen molar-refractivity contribution in [2.75, 3.05) is 0 Å². The standard InChI is InChI=1S/C9H21NO/c1-3-5-7-9(10,11)8-6-4-2/h11H,3-8,10H2,1-2H3. The minimum Gasteiger partial charge on any atom is -0.376 e. The lowest BCUT2D eigenvalue weighted by molar-refractivity contribution is 0.0250. The van der Waals surface area contributed by atoms with Gasteiger partial charge in [-0.25, -0.2) is 0 Å². The van der Waals surface area contributed by atoms with E-state index in [0.717, 1.165) is 38.5 Å². The lowest BCUT2D eigenvalue weighted by Crippen LogP contribution is -2.39. The Balaban J connectivity index is 3.43. The second-order valence-electron chi connectivity index (χ2n) is 3.31. The van der Waals surface area contributed by atoms with Gasteiger partial charge in [-0.15, -0.1) is 0 Å². The van der Waals surface area contributed by atoms with Crippen LogP contribution in [0.15, 0.2) is 0 Å². The molecule has 0 spiro atoms. The van der Waals surface area contributed by atoms with E-state index in [2.05, 4.69) is 13.8 Å². The average Bonchev–Trinajstić information content (AvgIpc) is 1.97. The lowest BCUT2D eigenvalue weighted by Gasteiger charge is -2.22. The molecule has 0 rings (SSSR count). The van der Waals surface area contributed by atoms with Crippen molar-refractivity contribution in [1.82, 2.24) is 0 Å². The van der Waals surface area contributed by atoms with Gasteiger partial charge in [-0.2, -0.15) is 0 Å². The van der Waals surface area contributed by atoms with Crippen molar-refractivity contribution >= 4 is 0 Å². The molecule has 0 amide bonds. The molecule has 0 bridgehead atoms. The predicted octanol–water partition coefficient (Wildman–Crippen LogP) is 2.01. The molecule has 0 aliphatic rings. The Hall–Kier alpha value is -0.0800. The topological polar surface area (TPSA) is 46.2 Å². The average molecular weight is 159 g/mol. The quantitative estimate of drug-likeness (QED) is 0.582. The molecule has 0 aromatic carbocycles. The van der Waals surface area contributed by atoms with E-state index in [1.807, 2.05) is 0 Å². The maximum absolute atomic E-state index is 9.55. The normalized spacial score (nSPS) is 12.0. The molecule has 11 heavy (non-hydrogen) atoms. The second-order valence-corrected chi connectivity index (χ2v) is 3.31.